The third-order valence-corrected chi connectivity index (χ3v) is 3.02. The van der Waals surface area contributed by atoms with E-state index in [1.165, 1.54) is 6.42 Å². The molecule has 1 atom stereocenters. The van der Waals surface area contributed by atoms with Gasteiger partial charge >= 0.3 is 12.0 Å². The highest BCUT2D eigenvalue weighted by Crippen LogP contribution is 2.39. The minimum Gasteiger partial charge on any atom is -0.480 e. The van der Waals surface area contributed by atoms with Gasteiger partial charge in [0.25, 0.3) is 0 Å². The fourth-order valence-corrected chi connectivity index (χ4v) is 1.65. The molecule has 0 unspecified atom stereocenters. The number of hydrogen-bond donors (Lipinski definition) is 4. The van der Waals surface area contributed by atoms with E-state index >= 15 is 0 Å². The molecule has 1 aliphatic rings. The molecule has 1 saturated carbocycles. The highest BCUT2D eigenvalue weighted by molar-refractivity contribution is 5.82. The number of hydrogen-bond acceptors (Lipinski definition) is 3. The maximum absolute atomic E-state index is 11.3. The van der Waals surface area contributed by atoms with Gasteiger partial charge < -0.3 is 20.8 Å². The molecule has 92 valence electrons. The van der Waals surface area contributed by atoms with Crippen LogP contribution < -0.4 is 10.6 Å². The summed E-state index contributed by atoms with van der Waals surface area (Å²) < 4.78 is 0. The number of rotatable bonds is 5. The van der Waals surface area contributed by atoms with Gasteiger partial charge in [0.05, 0.1) is 6.61 Å². The summed E-state index contributed by atoms with van der Waals surface area (Å²) in [5.41, 5.74) is 0.148. The Morgan fingerprint density at radius 1 is 1.44 bits per heavy atom. The first-order chi connectivity index (χ1) is 7.47. The van der Waals surface area contributed by atoms with E-state index in [1.54, 1.807) is 0 Å². The zero-order chi connectivity index (χ0) is 12.2. The summed E-state index contributed by atoms with van der Waals surface area (Å²) in [7, 11) is 0. The first-order valence-corrected chi connectivity index (χ1v) is 5.35. The Balaban J connectivity index is 2.27. The van der Waals surface area contributed by atoms with Gasteiger partial charge in [0.2, 0.25) is 0 Å². The zero-order valence-electron chi connectivity index (χ0n) is 9.32. The fourth-order valence-electron chi connectivity index (χ4n) is 1.65. The predicted molar refractivity (Wildman–Crippen MR) is 57.0 cm³/mol. The van der Waals surface area contributed by atoms with Crippen molar-refractivity contribution < 1.29 is 19.8 Å². The molecule has 6 heteroatoms. The van der Waals surface area contributed by atoms with Gasteiger partial charge in [0.15, 0.2) is 6.04 Å². The van der Waals surface area contributed by atoms with E-state index in [1.807, 2.05) is 0 Å². The third kappa shape index (κ3) is 3.37. The number of nitrogens with one attached hydrogen (secondary N) is 2. The lowest BCUT2D eigenvalue weighted by atomic mass is 9.70. The highest BCUT2D eigenvalue weighted by atomic mass is 16.4. The minimum absolute atomic E-state index is 0.148. The number of carbonyl (C=O) groups is 2. The normalized spacial score (nSPS) is 19.4. The fraction of sp³-hybridized carbons (Fsp3) is 0.800. The topological polar surface area (TPSA) is 98.7 Å². The molecular formula is C10H18N2O4. The number of carbonyl (C=O) groups excluding carboxylic acids is 1. The molecule has 0 aromatic heterocycles. The van der Waals surface area contributed by atoms with Crippen LogP contribution in [0.2, 0.25) is 0 Å². The Labute approximate surface area is 94.0 Å². The van der Waals surface area contributed by atoms with Crippen LogP contribution in [-0.4, -0.2) is 41.4 Å². The van der Waals surface area contributed by atoms with Crippen molar-refractivity contribution in [3.63, 3.8) is 0 Å². The van der Waals surface area contributed by atoms with E-state index < -0.39 is 24.6 Å². The van der Waals surface area contributed by atoms with Crippen LogP contribution >= 0.6 is 0 Å². The van der Waals surface area contributed by atoms with Crippen LogP contribution in [0.3, 0.4) is 0 Å². The molecule has 4 N–H and O–H groups in total. The predicted octanol–water partition coefficient (Wildman–Crippen LogP) is -0.0787. The van der Waals surface area contributed by atoms with Crippen LogP contribution in [0.5, 0.6) is 0 Å². The lowest BCUT2D eigenvalue weighted by Gasteiger charge is -2.38. The molecule has 1 fully saturated rings. The van der Waals surface area contributed by atoms with Crippen molar-refractivity contribution >= 4 is 12.0 Å². The van der Waals surface area contributed by atoms with Gasteiger partial charge in [0, 0.05) is 6.54 Å². The van der Waals surface area contributed by atoms with Crippen molar-refractivity contribution in [1.82, 2.24) is 10.6 Å². The molecule has 0 aromatic carbocycles. The van der Waals surface area contributed by atoms with Gasteiger partial charge in [-0.3, -0.25) is 0 Å². The van der Waals surface area contributed by atoms with Gasteiger partial charge in [-0.15, -0.1) is 0 Å². The second-order valence-electron chi connectivity index (χ2n) is 4.56. The van der Waals surface area contributed by atoms with Gasteiger partial charge in [-0.25, -0.2) is 9.59 Å². The Morgan fingerprint density at radius 3 is 2.44 bits per heavy atom. The summed E-state index contributed by atoms with van der Waals surface area (Å²) in [5.74, 6) is -1.24. The molecule has 0 bridgehead atoms. The number of carboxylic acids is 1. The van der Waals surface area contributed by atoms with E-state index in [4.69, 9.17) is 10.2 Å². The molecule has 1 rings (SSSR count). The van der Waals surface area contributed by atoms with Crippen LogP contribution in [0.1, 0.15) is 26.2 Å². The van der Waals surface area contributed by atoms with E-state index in [0.29, 0.717) is 6.54 Å². The van der Waals surface area contributed by atoms with Crippen molar-refractivity contribution in [3.8, 4) is 0 Å². The largest absolute Gasteiger partial charge is 0.480 e. The molecule has 0 aromatic rings. The SMILES string of the molecule is CC1(CNC(=O)N[C@@H](CO)C(=O)O)CCC1. The average Bonchev–Trinajstić information content (AvgIpc) is 2.19. The van der Waals surface area contributed by atoms with Crippen molar-refractivity contribution in [2.24, 2.45) is 5.41 Å². The third-order valence-electron chi connectivity index (χ3n) is 3.02. The highest BCUT2D eigenvalue weighted by Gasteiger charge is 2.32. The van der Waals surface area contributed by atoms with Gasteiger partial charge in [0.1, 0.15) is 0 Å². The van der Waals surface area contributed by atoms with Crippen LogP contribution in [0.4, 0.5) is 4.79 Å². The maximum atomic E-state index is 11.3. The van der Waals surface area contributed by atoms with Gasteiger partial charge in [-0.2, -0.15) is 0 Å². The van der Waals surface area contributed by atoms with Crippen molar-refractivity contribution in [2.75, 3.05) is 13.2 Å². The molecule has 16 heavy (non-hydrogen) atoms. The molecule has 0 spiro atoms. The molecular weight excluding hydrogens is 212 g/mol. The zero-order valence-corrected chi connectivity index (χ0v) is 9.32. The van der Waals surface area contributed by atoms with E-state index in [0.717, 1.165) is 12.8 Å². The monoisotopic (exact) mass is 230 g/mol. The van der Waals surface area contributed by atoms with Crippen molar-refractivity contribution in [2.45, 2.75) is 32.2 Å². The number of aliphatic carboxylic acids is 1. The number of aliphatic hydroxyl groups is 1. The Kier molecular flexibility index (Phi) is 4.12. The smallest absolute Gasteiger partial charge is 0.328 e. The van der Waals surface area contributed by atoms with E-state index in [9.17, 15) is 9.59 Å². The standard InChI is InChI=1S/C10H18N2O4/c1-10(3-2-4-10)6-11-9(16)12-7(5-13)8(14)15/h7,13H,2-6H2,1H3,(H,14,15)(H2,11,12,16)/t7-/m0/s1. The Morgan fingerprint density at radius 2 is 2.06 bits per heavy atom. The van der Waals surface area contributed by atoms with Crippen molar-refractivity contribution in [1.29, 1.82) is 0 Å². The van der Waals surface area contributed by atoms with Gasteiger partial charge in [-0.1, -0.05) is 13.3 Å². The van der Waals surface area contributed by atoms with Crippen LogP contribution in [0, 0.1) is 5.41 Å². The van der Waals surface area contributed by atoms with Crippen LogP contribution in [0.25, 0.3) is 0 Å². The second-order valence-corrected chi connectivity index (χ2v) is 4.56. The van der Waals surface area contributed by atoms with Crippen LogP contribution in [-0.2, 0) is 4.79 Å². The molecule has 0 aliphatic heterocycles. The first-order valence-electron chi connectivity index (χ1n) is 5.35. The Hall–Kier alpha value is -1.30. The lowest BCUT2D eigenvalue weighted by molar-refractivity contribution is -0.140. The molecule has 6 nitrogen and oxygen atoms in total. The van der Waals surface area contributed by atoms with Crippen molar-refractivity contribution in [3.05, 3.63) is 0 Å². The minimum atomic E-state index is -1.24. The Bertz CT molecular complexity index is 276. The maximum Gasteiger partial charge on any atom is 0.328 e. The average molecular weight is 230 g/mol. The summed E-state index contributed by atoms with van der Waals surface area (Å²) in [6.07, 6.45) is 3.33. The second kappa shape index (κ2) is 5.16. The molecule has 0 saturated heterocycles. The number of amides is 2. The summed E-state index contributed by atoms with van der Waals surface area (Å²) in [5, 5.41) is 22.1. The van der Waals surface area contributed by atoms with E-state index in [2.05, 4.69) is 17.6 Å². The number of aliphatic hydroxyl groups excluding tert-OH is 1. The van der Waals surface area contributed by atoms with E-state index in [-0.39, 0.29) is 5.41 Å². The van der Waals surface area contributed by atoms with Gasteiger partial charge in [-0.05, 0) is 18.3 Å². The summed E-state index contributed by atoms with van der Waals surface area (Å²) >= 11 is 0. The molecule has 0 radical (unpaired) electrons. The molecule has 0 heterocycles. The number of carboxylic acid groups (broad SMARTS) is 1. The summed E-state index contributed by atoms with van der Waals surface area (Å²) in [4.78, 5) is 21.8. The lowest BCUT2D eigenvalue weighted by Crippen LogP contribution is -2.50. The quantitative estimate of drug-likeness (QED) is 0.531. The van der Waals surface area contributed by atoms with Crippen LogP contribution in [0.15, 0.2) is 0 Å². The first kappa shape index (κ1) is 12.8. The summed E-state index contributed by atoms with van der Waals surface area (Å²) in [6, 6.07) is -1.79. The number of urea groups is 1. The summed E-state index contributed by atoms with van der Waals surface area (Å²) in [6.45, 7) is 2.01. The molecule has 2 amide bonds. The molecule has 1 aliphatic carbocycles.